The number of hydrogen-bond donors (Lipinski definition) is 3. The second kappa shape index (κ2) is 8.27. The second-order valence-corrected chi connectivity index (χ2v) is 7.26. The smallest absolute Gasteiger partial charge is 0.330 e. The summed E-state index contributed by atoms with van der Waals surface area (Å²) in [7, 11) is 0. The van der Waals surface area contributed by atoms with Crippen LogP contribution in [0.4, 0.5) is 0 Å². The third-order valence-electron chi connectivity index (χ3n) is 4.21. The van der Waals surface area contributed by atoms with E-state index in [4.69, 9.17) is 9.47 Å². The molecular formula is C17H28N2O6. The molecule has 1 saturated heterocycles. The molecule has 8 nitrogen and oxygen atoms in total. The summed E-state index contributed by atoms with van der Waals surface area (Å²) in [5.74, 6) is 0.343. The average Bonchev–Trinajstić information content (AvgIpc) is 2.89. The largest absolute Gasteiger partial charge is 0.394 e. The Balaban J connectivity index is 2.36. The summed E-state index contributed by atoms with van der Waals surface area (Å²) in [4.78, 5) is 26.8. The number of aliphatic hydroxyl groups excluding tert-OH is 2. The average molecular weight is 356 g/mol. The van der Waals surface area contributed by atoms with Crippen molar-refractivity contribution in [1.82, 2.24) is 9.55 Å². The van der Waals surface area contributed by atoms with Gasteiger partial charge in [-0.15, -0.1) is 0 Å². The van der Waals surface area contributed by atoms with Gasteiger partial charge in [0.2, 0.25) is 0 Å². The molecule has 0 saturated carbocycles. The number of rotatable bonds is 7. The minimum absolute atomic E-state index is 0.0334. The van der Waals surface area contributed by atoms with Gasteiger partial charge in [0.25, 0.3) is 5.56 Å². The molecule has 2 rings (SSSR count). The molecule has 1 aliphatic heterocycles. The highest BCUT2D eigenvalue weighted by Crippen LogP contribution is 2.29. The maximum atomic E-state index is 12.3. The Hall–Kier alpha value is -1.48. The number of aliphatic hydroxyl groups is 2. The summed E-state index contributed by atoms with van der Waals surface area (Å²) in [5.41, 5.74) is -0.752. The molecule has 4 atom stereocenters. The van der Waals surface area contributed by atoms with E-state index in [1.165, 1.54) is 10.8 Å². The van der Waals surface area contributed by atoms with Crippen molar-refractivity contribution in [2.24, 2.45) is 11.8 Å². The van der Waals surface area contributed by atoms with Gasteiger partial charge in [0.15, 0.2) is 0 Å². The Bertz CT molecular complexity index is 680. The van der Waals surface area contributed by atoms with Crippen LogP contribution in [0.3, 0.4) is 0 Å². The molecule has 1 unspecified atom stereocenters. The highest BCUT2D eigenvalue weighted by molar-refractivity contribution is 5.10. The maximum absolute atomic E-state index is 12.3. The van der Waals surface area contributed by atoms with Crippen LogP contribution in [0.15, 0.2) is 15.8 Å². The molecule has 2 heterocycles. The first-order chi connectivity index (χ1) is 11.7. The molecule has 1 aromatic heterocycles. The van der Waals surface area contributed by atoms with E-state index in [0.717, 1.165) is 0 Å². The zero-order valence-corrected chi connectivity index (χ0v) is 15.1. The summed E-state index contributed by atoms with van der Waals surface area (Å²) in [5, 5.41) is 19.1. The lowest BCUT2D eigenvalue weighted by atomic mass is 10.0. The standard InChI is InChI=1S/C17H28N2O6/c1-9(2)8-24-15(10(3)4)11-6-19(17(23)18-16(11)22)14-5-12(21)13(7-20)25-14/h6,9-10,12-15,20-21H,5,7-8H2,1-4H3,(H,18,22,23)/t12-,13+,14+,15?/m0/s1. The fourth-order valence-corrected chi connectivity index (χ4v) is 2.91. The first-order valence-corrected chi connectivity index (χ1v) is 8.65. The molecule has 0 aromatic carbocycles. The van der Waals surface area contributed by atoms with Gasteiger partial charge in [-0.25, -0.2) is 4.79 Å². The molecule has 1 aliphatic rings. The number of H-pyrrole nitrogens is 1. The molecule has 3 N–H and O–H groups in total. The summed E-state index contributed by atoms with van der Waals surface area (Å²) in [6.07, 6.45) is -1.20. The Kier molecular flexibility index (Phi) is 6.56. The first kappa shape index (κ1) is 19.8. The molecule has 25 heavy (non-hydrogen) atoms. The molecule has 0 bridgehead atoms. The van der Waals surface area contributed by atoms with Crippen LogP contribution in [-0.2, 0) is 9.47 Å². The number of nitrogens with zero attached hydrogens (tertiary/aromatic N) is 1. The van der Waals surface area contributed by atoms with Crippen molar-refractivity contribution in [1.29, 1.82) is 0 Å². The second-order valence-electron chi connectivity index (χ2n) is 7.26. The van der Waals surface area contributed by atoms with Crippen molar-refractivity contribution in [2.75, 3.05) is 13.2 Å². The molecule has 0 aliphatic carbocycles. The molecule has 0 radical (unpaired) electrons. The van der Waals surface area contributed by atoms with E-state index in [9.17, 15) is 19.8 Å². The number of nitrogens with one attached hydrogen (secondary N) is 1. The van der Waals surface area contributed by atoms with E-state index >= 15 is 0 Å². The fraction of sp³-hybridized carbons (Fsp3) is 0.765. The van der Waals surface area contributed by atoms with Gasteiger partial charge in [-0.3, -0.25) is 14.3 Å². The van der Waals surface area contributed by atoms with Crippen LogP contribution < -0.4 is 11.2 Å². The summed E-state index contributed by atoms with van der Waals surface area (Å²) in [6.45, 7) is 8.08. The van der Waals surface area contributed by atoms with Crippen molar-refractivity contribution in [2.45, 2.75) is 58.7 Å². The molecular weight excluding hydrogens is 328 g/mol. The summed E-state index contributed by atoms with van der Waals surface area (Å²) < 4.78 is 12.7. The molecule has 1 fully saturated rings. The quantitative estimate of drug-likeness (QED) is 0.657. The lowest BCUT2D eigenvalue weighted by Crippen LogP contribution is -2.36. The minimum atomic E-state index is -0.865. The van der Waals surface area contributed by atoms with Crippen LogP contribution in [-0.4, -0.2) is 45.2 Å². The van der Waals surface area contributed by atoms with Crippen molar-refractivity contribution >= 4 is 0 Å². The van der Waals surface area contributed by atoms with E-state index in [-0.39, 0.29) is 18.9 Å². The topological polar surface area (TPSA) is 114 Å². The van der Waals surface area contributed by atoms with Crippen LogP contribution in [0.25, 0.3) is 0 Å². The maximum Gasteiger partial charge on any atom is 0.330 e. The predicted molar refractivity (Wildman–Crippen MR) is 91.3 cm³/mol. The third-order valence-corrected chi connectivity index (χ3v) is 4.21. The van der Waals surface area contributed by atoms with Crippen LogP contribution in [0, 0.1) is 11.8 Å². The van der Waals surface area contributed by atoms with Crippen molar-refractivity contribution in [3.63, 3.8) is 0 Å². The van der Waals surface area contributed by atoms with Gasteiger partial charge in [0, 0.05) is 19.2 Å². The Morgan fingerprint density at radius 2 is 2.04 bits per heavy atom. The normalized spacial score (nSPS) is 25.0. The number of aromatic nitrogens is 2. The van der Waals surface area contributed by atoms with E-state index < -0.39 is 35.8 Å². The van der Waals surface area contributed by atoms with Gasteiger partial charge in [0.1, 0.15) is 12.3 Å². The fourth-order valence-electron chi connectivity index (χ4n) is 2.91. The molecule has 0 spiro atoms. The van der Waals surface area contributed by atoms with Crippen LogP contribution >= 0.6 is 0 Å². The zero-order chi connectivity index (χ0) is 18.7. The monoisotopic (exact) mass is 356 g/mol. The van der Waals surface area contributed by atoms with Crippen molar-refractivity contribution in [3.05, 3.63) is 32.6 Å². The summed E-state index contributed by atoms with van der Waals surface area (Å²) >= 11 is 0. The minimum Gasteiger partial charge on any atom is -0.394 e. The van der Waals surface area contributed by atoms with Gasteiger partial charge in [-0.05, 0) is 11.8 Å². The van der Waals surface area contributed by atoms with Gasteiger partial charge in [0.05, 0.1) is 24.4 Å². The Labute approximate surface area is 146 Å². The highest BCUT2D eigenvalue weighted by atomic mass is 16.5. The van der Waals surface area contributed by atoms with E-state index in [2.05, 4.69) is 4.98 Å². The van der Waals surface area contributed by atoms with E-state index in [0.29, 0.717) is 18.1 Å². The first-order valence-electron chi connectivity index (χ1n) is 8.65. The molecule has 0 amide bonds. The molecule has 142 valence electrons. The van der Waals surface area contributed by atoms with Gasteiger partial charge in [-0.1, -0.05) is 27.7 Å². The van der Waals surface area contributed by atoms with Gasteiger partial charge in [-0.2, -0.15) is 0 Å². The van der Waals surface area contributed by atoms with Crippen LogP contribution in [0.5, 0.6) is 0 Å². The van der Waals surface area contributed by atoms with E-state index in [1.54, 1.807) is 0 Å². The van der Waals surface area contributed by atoms with Crippen LogP contribution in [0.1, 0.15) is 52.0 Å². The molecule has 1 aromatic rings. The Morgan fingerprint density at radius 1 is 1.36 bits per heavy atom. The number of hydrogen-bond acceptors (Lipinski definition) is 6. The van der Waals surface area contributed by atoms with E-state index in [1.807, 2.05) is 27.7 Å². The van der Waals surface area contributed by atoms with Crippen molar-refractivity contribution in [3.8, 4) is 0 Å². The SMILES string of the molecule is CC(C)COC(c1cn([C@H]2C[C@H](O)[C@@H](CO)O2)c(=O)[nH]c1=O)C(C)C. The van der Waals surface area contributed by atoms with Crippen LogP contribution in [0.2, 0.25) is 0 Å². The molecule has 8 heteroatoms. The van der Waals surface area contributed by atoms with Gasteiger partial charge >= 0.3 is 5.69 Å². The highest BCUT2D eigenvalue weighted by Gasteiger charge is 2.35. The van der Waals surface area contributed by atoms with Crippen molar-refractivity contribution < 1.29 is 19.7 Å². The van der Waals surface area contributed by atoms with Gasteiger partial charge < -0.3 is 19.7 Å². The Morgan fingerprint density at radius 3 is 2.56 bits per heavy atom. The number of ether oxygens (including phenoxy) is 2. The zero-order valence-electron chi connectivity index (χ0n) is 15.1. The predicted octanol–water partition coefficient (Wildman–Crippen LogP) is 0.547. The third kappa shape index (κ3) is 4.58. The lowest BCUT2D eigenvalue weighted by molar-refractivity contribution is -0.0466. The number of aromatic amines is 1. The lowest BCUT2D eigenvalue weighted by Gasteiger charge is -2.24. The summed E-state index contributed by atoms with van der Waals surface area (Å²) in [6, 6.07) is 0.